The lowest BCUT2D eigenvalue weighted by Crippen LogP contribution is -2.54. The third kappa shape index (κ3) is 4.76. The van der Waals surface area contributed by atoms with Gasteiger partial charge in [0.2, 0.25) is 5.91 Å². The number of rotatable bonds is 7. The molecule has 2 fully saturated rings. The van der Waals surface area contributed by atoms with E-state index in [4.69, 9.17) is 0 Å². The zero-order valence-corrected chi connectivity index (χ0v) is 20.8. The highest BCUT2D eigenvalue weighted by molar-refractivity contribution is 7.09. The van der Waals surface area contributed by atoms with E-state index in [9.17, 15) is 14.4 Å². The predicted molar refractivity (Wildman–Crippen MR) is 135 cm³/mol. The number of nitrogens with zero attached hydrogens (tertiary/aromatic N) is 3. The van der Waals surface area contributed by atoms with Crippen molar-refractivity contribution in [2.45, 2.75) is 56.9 Å². The maximum Gasteiger partial charge on any atom is 0.325 e. The van der Waals surface area contributed by atoms with Crippen LogP contribution in [0.25, 0.3) is 0 Å². The molecule has 0 aromatic carbocycles. The number of hydrogen-bond acceptors (Lipinski definition) is 5. The van der Waals surface area contributed by atoms with Gasteiger partial charge in [0, 0.05) is 43.0 Å². The fraction of sp³-hybridized carbons (Fsp3) is 0.481. The summed E-state index contributed by atoms with van der Waals surface area (Å²) in [6.07, 6.45) is 10.8. The van der Waals surface area contributed by atoms with E-state index < -0.39 is 5.54 Å². The van der Waals surface area contributed by atoms with Gasteiger partial charge in [-0.2, -0.15) is 0 Å². The molecular formula is C27H32N4O3S. The largest absolute Gasteiger partial charge is 0.342 e. The van der Waals surface area contributed by atoms with Gasteiger partial charge in [0.05, 0.1) is 5.69 Å². The molecule has 184 valence electrons. The van der Waals surface area contributed by atoms with Crippen molar-refractivity contribution in [1.82, 2.24) is 20.1 Å². The molecule has 2 saturated heterocycles. The number of hydrogen-bond donors (Lipinski definition) is 1. The molecule has 7 nitrogen and oxygen atoms in total. The van der Waals surface area contributed by atoms with Crippen LogP contribution in [-0.2, 0) is 21.5 Å². The molecule has 2 aliphatic heterocycles. The fourth-order valence-electron chi connectivity index (χ4n) is 5.66. The van der Waals surface area contributed by atoms with E-state index >= 15 is 0 Å². The van der Waals surface area contributed by atoms with Gasteiger partial charge in [-0.05, 0) is 68.5 Å². The average Bonchev–Trinajstić information content (AvgIpc) is 3.50. The Kier molecular flexibility index (Phi) is 7.00. The first-order valence-corrected chi connectivity index (χ1v) is 13.5. The lowest BCUT2D eigenvalue weighted by Gasteiger charge is -2.40. The van der Waals surface area contributed by atoms with Crippen molar-refractivity contribution in [3.63, 3.8) is 0 Å². The molecule has 2 aromatic heterocycles. The molecule has 8 heteroatoms. The minimum Gasteiger partial charge on any atom is -0.342 e. The monoisotopic (exact) mass is 492 g/mol. The highest BCUT2D eigenvalue weighted by Gasteiger charge is 2.58. The quantitative estimate of drug-likeness (QED) is 0.462. The molecule has 5 rings (SSSR count). The Balaban J connectivity index is 1.32. The van der Waals surface area contributed by atoms with Gasteiger partial charge in [-0.1, -0.05) is 23.8 Å². The van der Waals surface area contributed by atoms with E-state index in [0.29, 0.717) is 51.0 Å². The Morgan fingerprint density at radius 3 is 2.69 bits per heavy atom. The normalized spacial score (nSPS) is 23.4. The molecule has 1 atom stereocenters. The zero-order chi connectivity index (χ0) is 24.3. The number of likely N-dealkylation sites (tertiary alicyclic amines) is 1. The molecule has 1 N–H and O–H groups in total. The maximum atomic E-state index is 13.9. The molecule has 0 saturated carbocycles. The van der Waals surface area contributed by atoms with Crippen molar-refractivity contribution < 1.29 is 14.4 Å². The summed E-state index contributed by atoms with van der Waals surface area (Å²) < 4.78 is 0. The van der Waals surface area contributed by atoms with Crippen molar-refractivity contribution in [1.29, 1.82) is 0 Å². The molecule has 1 aliphatic carbocycles. The van der Waals surface area contributed by atoms with E-state index in [0.717, 1.165) is 17.7 Å². The number of piperidine rings is 1. The van der Waals surface area contributed by atoms with E-state index in [1.807, 2.05) is 40.6 Å². The molecule has 0 radical (unpaired) electrons. The summed E-state index contributed by atoms with van der Waals surface area (Å²) in [7, 11) is 0. The lowest BCUT2D eigenvalue weighted by atomic mass is 9.75. The second-order valence-corrected chi connectivity index (χ2v) is 10.7. The molecular weight excluding hydrogens is 460 g/mol. The Morgan fingerprint density at radius 1 is 1.14 bits per heavy atom. The van der Waals surface area contributed by atoms with Gasteiger partial charge < -0.3 is 10.2 Å². The topological polar surface area (TPSA) is 82.6 Å². The maximum absolute atomic E-state index is 13.9. The number of aromatic nitrogens is 1. The highest BCUT2D eigenvalue weighted by Crippen LogP contribution is 2.41. The number of thiophene rings is 1. The number of carbonyl (C=O) groups excluding carboxylic acids is 3. The molecule has 0 bridgehead atoms. The molecule has 35 heavy (non-hydrogen) atoms. The molecule has 3 aliphatic rings. The number of pyridine rings is 1. The Morgan fingerprint density at radius 2 is 2.00 bits per heavy atom. The number of allylic oxidation sites excluding steroid dienone is 1. The molecule has 4 heterocycles. The molecule has 0 spiro atoms. The van der Waals surface area contributed by atoms with Crippen molar-refractivity contribution in [3.05, 3.63) is 64.1 Å². The predicted octanol–water partition coefficient (Wildman–Crippen LogP) is 4.26. The summed E-state index contributed by atoms with van der Waals surface area (Å²) in [6.45, 7) is 1.51. The summed E-state index contributed by atoms with van der Waals surface area (Å²) in [4.78, 5) is 48.8. The van der Waals surface area contributed by atoms with Crippen molar-refractivity contribution >= 4 is 29.2 Å². The van der Waals surface area contributed by atoms with Gasteiger partial charge in [-0.15, -0.1) is 11.3 Å². The number of urea groups is 1. The molecule has 0 unspecified atom stereocenters. The van der Waals surface area contributed by atoms with Crippen molar-refractivity contribution in [2.24, 2.45) is 5.92 Å². The fourth-order valence-corrected chi connectivity index (χ4v) is 6.36. The van der Waals surface area contributed by atoms with Gasteiger partial charge in [-0.25, -0.2) is 4.79 Å². The van der Waals surface area contributed by atoms with Crippen LogP contribution < -0.4 is 5.32 Å². The van der Waals surface area contributed by atoms with Crippen molar-refractivity contribution in [2.75, 3.05) is 19.6 Å². The third-order valence-electron chi connectivity index (χ3n) is 7.59. The van der Waals surface area contributed by atoms with Crippen LogP contribution in [0.2, 0.25) is 0 Å². The lowest BCUT2D eigenvalue weighted by molar-refractivity contribution is -0.136. The summed E-state index contributed by atoms with van der Waals surface area (Å²) in [5, 5.41) is 5.06. The Labute approximate surface area is 210 Å². The number of amides is 4. The van der Waals surface area contributed by atoms with Crippen LogP contribution in [0.15, 0.2) is 53.6 Å². The first-order valence-electron chi connectivity index (χ1n) is 12.6. The minimum absolute atomic E-state index is 0.126. The van der Waals surface area contributed by atoms with Crippen LogP contribution in [0.4, 0.5) is 4.79 Å². The van der Waals surface area contributed by atoms with E-state index in [1.165, 1.54) is 23.3 Å². The summed E-state index contributed by atoms with van der Waals surface area (Å²) in [6, 6.07) is 9.13. The Hall–Kier alpha value is -3.00. The smallest absolute Gasteiger partial charge is 0.325 e. The zero-order valence-electron chi connectivity index (χ0n) is 19.9. The van der Waals surface area contributed by atoms with Crippen LogP contribution in [0, 0.1) is 5.92 Å². The first kappa shape index (κ1) is 23.7. The van der Waals surface area contributed by atoms with Gasteiger partial charge in [-0.3, -0.25) is 19.5 Å². The molecule has 2 aromatic rings. The standard InChI is InChI=1S/C27H32N4O3S/c32-24(19-20-7-2-1-3-8-20)30-15-11-21(12-16-30)27(23-10-4-5-14-28-23)25(33)31(26(34)29-27)17-13-22-9-6-18-35-22/h4-7,9-10,14,18,21H,1-3,8,11-13,15-17,19H2,(H,29,34)/t27-/m0/s1. The highest BCUT2D eigenvalue weighted by atomic mass is 32.1. The van der Waals surface area contributed by atoms with Crippen LogP contribution in [0.3, 0.4) is 0 Å². The third-order valence-corrected chi connectivity index (χ3v) is 8.52. The number of carbonyl (C=O) groups is 3. The summed E-state index contributed by atoms with van der Waals surface area (Å²) in [5.41, 5.74) is 0.650. The first-order chi connectivity index (χ1) is 17.1. The van der Waals surface area contributed by atoms with Gasteiger partial charge in [0.1, 0.15) is 0 Å². The van der Waals surface area contributed by atoms with E-state index in [2.05, 4.69) is 16.4 Å². The van der Waals surface area contributed by atoms with Crippen LogP contribution in [0.1, 0.15) is 55.5 Å². The van der Waals surface area contributed by atoms with Crippen LogP contribution in [-0.4, -0.2) is 52.3 Å². The van der Waals surface area contributed by atoms with E-state index in [-0.39, 0.29) is 23.8 Å². The average molecular weight is 493 g/mol. The SMILES string of the molecule is O=C(CC1=CCCCC1)N1CCC([C@@]2(c3ccccn3)NC(=O)N(CCc3cccs3)C2=O)CC1. The van der Waals surface area contributed by atoms with Gasteiger partial charge in [0.15, 0.2) is 5.54 Å². The summed E-state index contributed by atoms with van der Waals surface area (Å²) >= 11 is 1.62. The van der Waals surface area contributed by atoms with E-state index in [1.54, 1.807) is 17.5 Å². The van der Waals surface area contributed by atoms with Gasteiger partial charge in [0.25, 0.3) is 5.91 Å². The van der Waals surface area contributed by atoms with Gasteiger partial charge >= 0.3 is 6.03 Å². The minimum atomic E-state index is -1.19. The second-order valence-electron chi connectivity index (χ2n) is 9.68. The Bertz CT molecular complexity index is 1090. The number of imide groups is 1. The van der Waals surface area contributed by atoms with Crippen molar-refractivity contribution in [3.8, 4) is 0 Å². The number of nitrogens with one attached hydrogen (secondary N) is 1. The molecule has 4 amide bonds. The van der Waals surface area contributed by atoms with Crippen LogP contribution >= 0.6 is 11.3 Å². The second kappa shape index (κ2) is 10.3. The summed E-state index contributed by atoms with van der Waals surface area (Å²) in [5.74, 6) is -0.184. The van der Waals surface area contributed by atoms with Crippen LogP contribution in [0.5, 0.6) is 0 Å².